The van der Waals surface area contributed by atoms with Crippen LogP contribution in [0.25, 0.3) is 0 Å². The fraction of sp³-hybridized carbons (Fsp3) is 0.294. The van der Waals surface area contributed by atoms with E-state index < -0.39 is 30.7 Å². The van der Waals surface area contributed by atoms with Crippen molar-refractivity contribution >= 4 is 0 Å². The predicted molar refractivity (Wildman–Crippen MR) is 152 cm³/mol. The average molecular weight is 541 g/mol. The Bertz CT molecular complexity index is 1240. The normalized spacial score (nSPS) is 22.7. The quantitative estimate of drug-likeness (QED) is 0.236. The van der Waals surface area contributed by atoms with Crippen LogP contribution in [0.1, 0.15) is 22.3 Å². The van der Waals surface area contributed by atoms with Crippen LogP contribution in [-0.4, -0.2) is 42.4 Å². The van der Waals surface area contributed by atoms with E-state index in [-0.39, 0.29) is 6.61 Å². The van der Waals surface area contributed by atoms with Crippen molar-refractivity contribution in [1.29, 1.82) is 0 Å². The van der Waals surface area contributed by atoms with E-state index in [4.69, 9.17) is 23.7 Å². The summed E-state index contributed by atoms with van der Waals surface area (Å²) < 4.78 is 31.4. The monoisotopic (exact) mass is 540 g/mol. The molecule has 0 amide bonds. The Kier molecular flexibility index (Phi) is 10.5. The molecule has 4 aromatic rings. The molecular weight excluding hydrogens is 504 g/mol. The van der Waals surface area contributed by atoms with Gasteiger partial charge in [-0.2, -0.15) is 0 Å². The Morgan fingerprint density at radius 1 is 0.500 bits per heavy atom. The maximum Gasteiger partial charge on any atom is 0.187 e. The van der Waals surface area contributed by atoms with E-state index in [2.05, 4.69) is 0 Å². The molecule has 6 nitrogen and oxygen atoms in total. The highest BCUT2D eigenvalue weighted by atomic mass is 16.7. The first-order valence-corrected chi connectivity index (χ1v) is 13.7. The molecule has 0 bridgehead atoms. The summed E-state index contributed by atoms with van der Waals surface area (Å²) >= 11 is 0. The van der Waals surface area contributed by atoms with Crippen molar-refractivity contribution in [3.63, 3.8) is 0 Å². The van der Waals surface area contributed by atoms with Gasteiger partial charge in [-0.05, 0) is 22.3 Å². The zero-order valence-electron chi connectivity index (χ0n) is 22.5. The van der Waals surface area contributed by atoms with Gasteiger partial charge in [-0.15, -0.1) is 0 Å². The smallest absolute Gasteiger partial charge is 0.187 e. The summed E-state index contributed by atoms with van der Waals surface area (Å²) in [7, 11) is 0. The first-order chi connectivity index (χ1) is 19.8. The van der Waals surface area contributed by atoms with Gasteiger partial charge in [0.1, 0.15) is 24.4 Å². The van der Waals surface area contributed by atoms with Gasteiger partial charge in [0.2, 0.25) is 0 Å². The average Bonchev–Trinajstić information content (AvgIpc) is 3.01. The van der Waals surface area contributed by atoms with E-state index in [0.29, 0.717) is 26.4 Å². The first-order valence-electron chi connectivity index (χ1n) is 13.7. The minimum atomic E-state index is -0.989. The molecule has 1 heterocycles. The number of hydrogen-bond donors (Lipinski definition) is 1. The first kappa shape index (κ1) is 28.2. The standard InChI is InChI=1S/C34H36O6/c35-31-30(25-36-21-26-13-5-1-6-14-26)40-34(39-24-29-19-11-4-12-20-29)33(38-23-28-17-9-3-10-18-28)32(31)37-22-27-15-7-2-8-16-27/h1-20,30-35H,21-25H2/t30-,31+,32-,33-,34-/m0/s1. The molecule has 0 aliphatic carbocycles. The van der Waals surface area contributed by atoms with E-state index in [1.54, 1.807) is 0 Å². The third-order valence-corrected chi connectivity index (χ3v) is 6.84. The summed E-state index contributed by atoms with van der Waals surface area (Å²) in [6, 6.07) is 39.6. The van der Waals surface area contributed by atoms with E-state index in [1.165, 1.54) is 0 Å². The lowest BCUT2D eigenvalue weighted by atomic mass is 9.98. The zero-order chi connectivity index (χ0) is 27.4. The van der Waals surface area contributed by atoms with Gasteiger partial charge in [-0.25, -0.2) is 0 Å². The molecule has 0 radical (unpaired) electrons. The van der Waals surface area contributed by atoms with Crippen LogP contribution in [-0.2, 0) is 50.1 Å². The van der Waals surface area contributed by atoms with Gasteiger partial charge < -0.3 is 28.8 Å². The number of rotatable bonds is 13. The molecule has 6 heteroatoms. The molecule has 0 unspecified atom stereocenters. The van der Waals surface area contributed by atoms with Gasteiger partial charge in [-0.3, -0.25) is 0 Å². The van der Waals surface area contributed by atoms with Gasteiger partial charge in [0, 0.05) is 0 Å². The zero-order valence-corrected chi connectivity index (χ0v) is 22.5. The van der Waals surface area contributed by atoms with Gasteiger partial charge in [0.15, 0.2) is 6.29 Å². The summed E-state index contributed by atoms with van der Waals surface area (Å²) in [5.74, 6) is 0. The summed E-state index contributed by atoms with van der Waals surface area (Å²) in [6.45, 7) is 1.56. The lowest BCUT2D eigenvalue weighted by Crippen LogP contribution is -2.61. The van der Waals surface area contributed by atoms with E-state index in [0.717, 1.165) is 22.3 Å². The van der Waals surface area contributed by atoms with Crippen LogP contribution in [0.4, 0.5) is 0 Å². The third-order valence-electron chi connectivity index (χ3n) is 6.84. The number of hydrogen-bond acceptors (Lipinski definition) is 6. The minimum absolute atomic E-state index is 0.178. The minimum Gasteiger partial charge on any atom is -0.387 e. The molecule has 208 valence electrons. The molecule has 0 spiro atoms. The summed E-state index contributed by atoms with van der Waals surface area (Å²) in [4.78, 5) is 0. The van der Waals surface area contributed by atoms with Crippen LogP contribution in [0.3, 0.4) is 0 Å². The van der Waals surface area contributed by atoms with Crippen LogP contribution >= 0.6 is 0 Å². The highest BCUT2D eigenvalue weighted by Gasteiger charge is 2.47. The lowest BCUT2D eigenvalue weighted by molar-refractivity contribution is -0.324. The maximum absolute atomic E-state index is 11.5. The molecule has 5 rings (SSSR count). The van der Waals surface area contributed by atoms with Crippen LogP contribution in [0.5, 0.6) is 0 Å². The van der Waals surface area contributed by atoms with Crippen molar-refractivity contribution < 1.29 is 28.8 Å². The Balaban J connectivity index is 1.34. The van der Waals surface area contributed by atoms with Crippen molar-refractivity contribution in [3.8, 4) is 0 Å². The Hall–Kier alpha value is -3.36. The second-order valence-electron chi connectivity index (χ2n) is 9.85. The van der Waals surface area contributed by atoms with Crippen molar-refractivity contribution in [3.05, 3.63) is 144 Å². The van der Waals surface area contributed by atoms with E-state index >= 15 is 0 Å². The number of aliphatic hydroxyl groups excluding tert-OH is 1. The van der Waals surface area contributed by atoms with Gasteiger partial charge in [0.05, 0.1) is 33.0 Å². The molecule has 4 aromatic carbocycles. The molecule has 1 N–H and O–H groups in total. The van der Waals surface area contributed by atoms with Crippen molar-refractivity contribution in [2.45, 2.75) is 57.1 Å². The predicted octanol–water partition coefficient (Wildman–Crippen LogP) is 5.68. The molecular formula is C34H36O6. The summed E-state index contributed by atoms with van der Waals surface area (Å²) in [6.07, 6.45) is -3.81. The number of aliphatic hydroxyl groups is 1. The largest absolute Gasteiger partial charge is 0.387 e. The highest BCUT2D eigenvalue weighted by molar-refractivity contribution is 5.16. The van der Waals surface area contributed by atoms with Crippen LogP contribution in [0.2, 0.25) is 0 Å². The molecule has 40 heavy (non-hydrogen) atoms. The summed E-state index contributed by atoms with van der Waals surface area (Å²) in [5, 5.41) is 11.5. The Morgan fingerprint density at radius 3 is 1.38 bits per heavy atom. The topological polar surface area (TPSA) is 66.4 Å². The Labute approximate surface area is 236 Å². The van der Waals surface area contributed by atoms with Gasteiger partial charge in [-0.1, -0.05) is 121 Å². The molecule has 0 aromatic heterocycles. The van der Waals surface area contributed by atoms with Crippen LogP contribution in [0, 0.1) is 0 Å². The summed E-state index contributed by atoms with van der Waals surface area (Å²) in [5.41, 5.74) is 4.07. The van der Waals surface area contributed by atoms with Crippen molar-refractivity contribution in [1.82, 2.24) is 0 Å². The van der Waals surface area contributed by atoms with Gasteiger partial charge >= 0.3 is 0 Å². The van der Waals surface area contributed by atoms with E-state index in [1.807, 2.05) is 121 Å². The third kappa shape index (κ3) is 8.08. The molecule has 1 fully saturated rings. The highest BCUT2D eigenvalue weighted by Crippen LogP contribution is 2.29. The fourth-order valence-corrected chi connectivity index (χ4v) is 4.68. The SMILES string of the molecule is O[C@H]1[C@H](OCc2ccccc2)[C@H](OCc2ccccc2)[C@@H](OCc2ccccc2)O[C@H]1COCc1ccccc1. The molecule has 1 aliphatic rings. The second-order valence-corrected chi connectivity index (χ2v) is 9.85. The number of ether oxygens (including phenoxy) is 5. The Morgan fingerprint density at radius 2 is 0.900 bits per heavy atom. The van der Waals surface area contributed by atoms with E-state index in [9.17, 15) is 5.11 Å². The van der Waals surface area contributed by atoms with Crippen LogP contribution < -0.4 is 0 Å². The molecule has 1 saturated heterocycles. The molecule has 1 aliphatic heterocycles. The molecule has 0 saturated carbocycles. The van der Waals surface area contributed by atoms with Crippen molar-refractivity contribution in [2.75, 3.05) is 6.61 Å². The van der Waals surface area contributed by atoms with Crippen molar-refractivity contribution in [2.24, 2.45) is 0 Å². The fourth-order valence-electron chi connectivity index (χ4n) is 4.68. The second kappa shape index (κ2) is 14.9. The van der Waals surface area contributed by atoms with Gasteiger partial charge in [0.25, 0.3) is 0 Å². The lowest BCUT2D eigenvalue weighted by Gasteiger charge is -2.44. The van der Waals surface area contributed by atoms with Crippen LogP contribution in [0.15, 0.2) is 121 Å². The maximum atomic E-state index is 11.5. The molecule has 5 atom stereocenters. The number of benzene rings is 4.